The van der Waals surface area contributed by atoms with E-state index in [2.05, 4.69) is 4.98 Å². The van der Waals surface area contributed by atoms with Crippen molar-refractivity contribution in [3.05, 3.63) is 30.1 Å². The molecule has 0 bridgehead atoms. The van der Waals surface area contributed by atoms with Crippen LogP contribution in [-0.4, -0.2) is 16.6 Å². The van der Waals surface area contributed by atoms with E-state index >= 15 is 0 Å². The third-order valence-electron chi connectivity index (χ3n) is 4.34. The first-order valence-corrected chi connectivity index (χ1v) is 7.06. The maximum Gasteiger partial charge on any atom is 0.0873 e. The molecule has 1 unspecified atom stereocenters. The first-order chi connectivity index (χ1) is 8.78. The van der Waals surface area contributed by atoms with Crippen molar-refractivity contribution < 1.29 is 5.11 Å². The van der Waals surface area contributed by atoms with Crippen molar-refractivity contribution in [1.82, 2.24) is 4.98 Å². The maximum atomic E-state index is 10.7. The molecule has 0 saturated heterocycles. The Labute approximate surface area is 109 Å². The summed E-state index contributed by atoms with van der Waals surface area (Å²) < 4.78 is 0. The van der Waals surface area contributed by atoms with Crippen LogP contribution in [0.4, 0.5) is 0 Å². The summed E-state index contributed by atoms with van der Waals surface area (Å²) in [4.78, 5) is 4.11. The Kier molecular flexibility index (Phi) is 4.72. The average molecular weight is 248 g/mol. The minimum Gasteiger partial charge on any atom is -0.388 e. The third-order valence-corrected chi connectivity index (χ3v) is 4.34. The van der Waals surface area contributed by atoms with Crippen LogP contribution >= 0.6 is 0 Å². The van der Waals surface area contributed by atoms with Crippen LogP contribution in [-0.2, 0) is 0 Å². The zero-order chi connectivity index (χ0) is 12.8. The Morgan fingerprint density at radius 1 is 1.22 bits per heavy atom. The number of nitrogens with zero attached hydrogens (tertiary/aromatic N) is 1. The number of aromatic nitrogens is 1. The molecule has 3 N–H and O–H groups in total. The molecule has 100 valence electrons. The van der Waals surface area contributed by atoms with Gasteiger partial charge in [-0.3, -0.25) is 4.98 Å². The normalized spacial score (nSPS) is 21.9. The standard InChI is InChI=1S/C15H24N2O/c16-12-15(8-4-2-1-3-5-9-15)14(18)13-7-6-10-17-11-13/h6-7,10-11,14,18H,1-5,8-9,12,16H2. The molecular formula is C15H24N2O. The van der Waals surface area contributed by atoms with Gasteiger partial charge in [0.1, 0.15) is 0 Å². The lowest BCUT2D eigenvalue weighted by Crippen LogP contribution is -2.37. The SMILES string of the molecule is NCC1(C(O)c2cccnc2)CCCCCCC1. The molecule has 1 atom stereocenters. The van der Waals surface area contributed by atoms with E-state index in [-0.39, 0.29) is 5.41 Å². The quantitative estimate of drug-likeness (QED) is 0.864. The molecule has 1 heterocycles. The van der Waals surface area contributed by atoms with Gasteiger partial charge >= 0.3 is 0 Å². The number of aliphatic hydroxyl groups excluding tert-OH is 1. The summed E-state index contributed by atoms with van der Waals surface area (Å²) in [7, 11) is 0. The van der Waals surface area contributed by atoms with E-state index in [9.17, 15) is 5.11 Å². The van der Waals surface area contributed by atoms with Crippen LogP contribution in [0.25, 0.3) is 0 Å². The number of hydrogen-bond acceptors (Lipinski definition) is 3. The van der Waals surface area contributed by atoms with Crippen LogP contribution in [0.1, 0.15) is 56.6 Å². The molecule has 1 saturated carbocycles. The first kappa shape index (κ1) is 13.5. The van der Waals surface area contributed by atoms with E-state index < -0.39 is 6.10 Å². The number of hydrogen-bond donors (Lipinski definition) is 2. The van der Waals surface area contributed by atoms with Gasteiger partial charge in [0.15, 0.2) is 0 Å². The fourth-order valence-electron chi connectivity index (χ4n) is 3.09. The molecule has 0 amide bonds. The second-order valence-corrected chi connectivity index (χ2v) is 5.52. The fourth-order valence-corrected chi connectivity index (χ4v) is 3.09. The van der Waals surface area contributed by atoms with Gasteiger partial charge in [-0.05, 0) is 24.5 Å². The predicted octanol–water partition coefficient (Wildman–Crippen LogP) is 2.80. The highest BCUT2D eigenvalue weighted by atomic mass is 16.3. The van der Waals surface area contributed by atoms with E-state index in [1.165, 1.54) is 32.1 Å². The highest BCUT2D eigenvalue weighted by molar-refractivity contribution is 5.15. The highest BCUT2D eigenvalue weighted by Gasteiger charge is 2.37. The summed E-state index contributed by atoms with van der Waals surface area (Å²) >= 11 is 0. The number of aliphatic hydroxyl groups is 1. The van der Waals surface area contributed by atoms with Gasteiger partial charge in [-0.2, -0.15) is 0 Å². The lowest BCUT2D eigenvalue weighted by atomic mass is 9.70. The van der Waals surface area contributed by atoms with Crippen molar-refractivity contribution >= 4 is 0 Å². The van der Waals surface area contributed by atoms with Crippen LogP contribution < -0.4 is 5.73 Å². The molecule has 0 spiro atoms. The van der Waals surface area contributed by atoms with Gasteiger partial charge < -0.3 is 10.8 Å². The molecule has 2 rings (SSSR count). The average Bonchev–Trinajstić information content (AvgIpc) is 2.40. The predicted molar refractivity (Wildman–Crippen MR) is 73.0 cm³/mol. The van der Waals surface area contributed by atoms with Crippen LogP contribution in [0.3, 0.4) is 0 Å². The van der Waals surface area contributed by atoms with Gasteiger partial charge in [0.25, 0.3) is 0 Å². The molecule has 0 radical (unpaired) electrons. The summed E-state index contributed by atoms with van der Waals surface area (Å²) in [5.41, 5.74) is 6.77. The third kappa shape index (κ3) is 2.90. The Hall–Kier alpha value is -0.930. The Balaban J connectivity index is 2.18. The van der Waals surface area contributed by atoms with Gasteiger partial charge in [0.05, 0.1) is 6.10 Å². The minimum atomic E-state index is -0.478. The summed E-state index contributed by atoms with van der Waals surface area (Å²) in [6.45, 7) is 0.559. The zero-order valence-electron chi connectivity index (χ0n) is 11.0. The molecule has 1 fully saturated rings. The Morgan fingerprint density at radius 2 is 1.89 bits per heavy atom. The van der Waals surface area contributed by atoms with Crippen LogP contribution in [0.5, 0.6) is 0 Å². The van der Waals surface area contributed by atoms with Crippen molar-refractivity contribution in [1.29, 1.82) is 0 Å². The second-order valence-electron chi connectivity index (χ2n) is 5.52. The van der Waals surface area contributed by atoms with Crippen molar-refractivity contribution in [2.45, 2.75) is 51.0 Å². The van der Waals surface area contributed by atoms with Gasteiger partial charge in [-0.25, -0.2) is 0 Å². The monoisotopic (exact) mass is 248 g/mol. The molecule has 1 aromatic heterocycles. The zero-order valence-corrected chi connectivity index (χ0v) is 11.0. The van der Waals surface area contributed by atoms with E-state index in [1.54, 1.807) is 12.4 Å². The molecule has 3 nitrogen and oxygen atoms in total. The molecular weight excluding hydrogens is 224 g/mol. The molecule has 1 aromatic rings. The van der Waals surface area contributed by atoms with E-state index in [0.717, 1.165) is 18.4 Å². The van der Waals surface area contributed by atoms with Crippen molar-refractivity contribution in [3.8, 4) is 0 Å². The first-order valence-electron chi connectivity index (χ1n) is 7.06. The van der Waals surface area contributed by atoms with Crippen LogP contribution in [0.2, 0.25) is 0 Å². The van der Waals surface area contributed by atoms with Gasteiger partial charge in [-0.15, -0.1) is 0 Å². The number of pyridine rings is 1. The molecule has 0 aromatic carbocycles. The highest BCUT2D eigenvalue weighted by Crippen LogP contribution is 2.43. The van der Waals surface area contributed by atoms with Crippen LogP contribution in [0, 0.1) is 5.41 Å². The van der Waals surface area contributed by atoms with Crippen molar-refractivity contribution in [3.63, 3.8) is 0 Å². The van der Waals surface area contributed by atoms with E-state index in [4.69, 9.17) is 5.73 Å². The fraction of sp³-hybridized carbons (Fsp3) is 0.667. The smallest absolute Gasteiger partial charge is 0.0873 e. The van der Waals surface area contributed by atoms with E-state index in [1.807, 2.05) is 12.1 Å². The van der Waals surface area contributed by atoms with Gasteiger partial charge in [0, 0.05) is 24.4 Å². The van der Waals surface area contributed by atoms with Gasteiger partial charge in [0.2, 0.25) is 0 Å². The topological polar surface area (TPSA) is 59.1 Å². The largest absolute Gasteiger partial charge is 0.388 e. The lowest BCUT2D eigenvalue weighted by molar-refractivity contribution is 0.00826. The summed E-state index contributed by atoms with van der Waals surface area (Å²) in [5.74, 6) is 0. The summed E-state index contributed by atoms with van der Waals surface area (Å²) in [6, 6.07) is 3.83. The minimum absolute atomic E-state index is 0.149. The number of rotatable bonds is 3. The Morgan fingerprint density at radius 3 is 2.44 bits per heavy atom. The Bertz CT molecular complexity index is 345. The summed E-state index contributed by atoms with van der Waals surface area (Å²) in [5, 5.41) is 10.7. The summed E-state index contributed by atoms with van der Waals surface area (Å²) in [6.07, 6.45) is 11.3. The maximum absolute atomic E-state index is 10.7. The van der Waals surface area contributed by atoms with Gasteiger partial charge in [-0.1, -0.05) is 38.2 Å². The second kappa shape index (κ2) is 6.30. The van der Waals surface area contributed by atoms with E-state index in [0.29, 0.717) is 6.54 Å². The van der Waals surface area contributed by atoms with Crippen molar-refractivity contribution in [2.75, 3.05) is 6.54 Å². The molecule has 18 heavy (non-hydrogen) atoms. The van der Waals surface area contributed by atoms with Crippen LogP contribution in [0.15, 0.2) is 24.5 Å². The number of nitrogens with two attached hydrogens (primary N) is 1. The molecule has 0 aliphatic heterocycles. The molecule has 1 aliphatic carbocycles. The molecule has 1 aliphatic rings. The van der Waals surface area contributed by atoms with Crippen molar-refractivity contribution in [2.24, 2.45) is 11.1 Å². The molecule has 3 heteroatoms. The lowest BCUT2D eigenvalue weighted by Gasteiger charge is -2.38.